The quantitative estimate of drug-likeness (QED) is 0.278. The van der Waals surface area contributed by atoms with Crippen LogP contribution in [0.4, 0.5) is 0 Å². The number of hydrogen-bond donors (Lipinski definition) is 3. The predicted octanol–water partition coefficient (Wildman–Crippen LogP) is 4.22. The van der Waals surface area contributed by atoms with Crippen molar-refractivity contribution >= 4 is 17.7 Å². The molecule has 0 saturated heterocycles. The summed E-state index contributed by atoms with van der Waals surface area (Å²) in [5, 5.41) is 8.59. The van der Waals surface area contributed by atoms with Crippen LogP contribution in [0.5, 0.6) is 0 Å². The lowest BCUT2D eigenvalue weighted by atomic mass is 10.1. The van der Waals surface area contributed by atoms with Crippen LogP contribution in [-0.4, -0.2) is 36.9 Å². The Morgan fingerprint density at radius 1 is 0.621 bits per heavy atom. The molecule has 170 valence electrons. The van der Waals surface area contributed by atoms with E-state index >= 15 is 0 Å². The highest BCUT2D eigenvalue weighted by Gasteiger charge is 2.21. The number of nitrogens with one attached hydrogen (secondary N) is 3. The van der Waals surface area contributed by atoms with Crippen LogP contribution in [0, 0.1) is 0 Å². The van der Waals surface area contributed by atoms with Gasteiger partial charge >= 0.3 is 0 Å². The van der Waals surface area contributed by atoms with Gasteiger partial charge in [-0.15, -0.1) is 0 Å². The number of amides is 3. The Balaban J connectivity index is 4.32. The van der Waals surface area contributed by atoms with Crippen LogP contribution in [0.2, 0.25) is 0 Å². The number of hydrogen-bond acceptors (Lipinski definition) is 3. The molecular weight excluding hydrogens is 366 g/mol. The van der Waals surface area contributed by atoms with Crippen LogP contribution in [0.15, 0.2) is 0 Å². The summed E-state index contributed by atoms with van der Waals surface area (Å²) in [5.41, 5.74) is 0. The molecule has 0 aromatic rings. The smallest absolute Gasteiger partial charge is 0.242 e. The van der Waals surface area contributed by atoms with Crippen molar-refractivity contribution in [1.29, 1.82) is 0 Å². The van der Waals surface area contributed by atoms with Crippen LogP contribution < -0.4 is 16.0 Å². The molecule has 0 saturated carbocycles. The van der Waals surface area contributed by atoms with Crippen molar-refractivity contribution in [1.82, 2.24) is 16.0 Å². The molecule has 0 aliphatic heterocycles. The first-order chi connectivity index (χ1) is 14.0. The summed E-state index contributed by atoms with van der Waals surface area (Å²) >= 11 is 0. The minimum absolute atomic E-state index is 0.0638. The van der Waals surface area contributed by atoms with Gasteiger partial charge in [0.25, 0.3) is 0 Å². The van der Waals surface area contributed by atoms with Gasteiger partial charge in [-0.2, -0.15) is 0 Å². The Labute approximate surface area is 178 Å². The Morgan fingerprint density at radius 3 is 1.79 bits per heavy atom. The van der Waals surface area contributed by atoms with Gasteiger partial charge in [-0.05, 0) is 25.7 Å². The first kappa shape index (κ1) is 27.4. The Morgan fingerprint density at radius 2 is 1.17 bits per heavy atom. The van der Waals surface area contributed by atoms with E-state index in [1.807, 2.05) is 0 Å². The molecule has 0 radical (unpaired) electrons. The van der Waals surface area contributed by atoms with Crippen molar-refractivity contribution in [3.8, 4) is 0 Å². The summed E-state index contributed by atoms with van der Waals surface area (Å²) in [6, 6.07) is -0.638. The second-order valence-electron chi connectivity index (χ2n) is 7.88. The van der Waals surface area contributed by atoms with E-state index in [1.54, 1.807) is 0 Å². The third kappa shape index (κ3) is 17.0. The molecule has 0 unspecified atom stereocenters. The fourth-order valence-corrected chi connectivity index (χ4v) is 3.06. The Kier molecular flexibility index (Phi) is 18.6. The van der Waals surface area contributed by atoms with E-state index in [0.717, 1.165) is 44.9 Å². The number of unbranched alkanes of at least 4 members (excludes halogenated alkanes) is 8. The van der Waals surface area contributed by atoms with Gasteiger partial charge in [0.05, 0.1) is 0 Å². The molecular formula is C23H45N3O3. The topological polar surface area (TPSA) is 87.3 Å². The van der Waals surface area contributed by atoms with E-state index in [2.05, 4.69) is 36.7 Å². The maximum atomic E-state index is 12.4. The lowest BCUT2D eigenvalue weighted by Gasteiger charge is -2.18. The normalized spacial score (nSPS) is 11.7. The Hall–Kier alpha value is -1.59. The van der Waals surface area contributed by atoms with Crippen molar-refractivity contribution < 1.29 is 14.4 Å². The molecule has 0 heterocycles. The predicted molar refractivity (Wildman–Crippen MR) is 120 cm³/mol. The van der Waals surface area contributed by atoms with Crippen LogP contribution in [-0.2, 0) is 14.4 Å². The molecule has 0 aromatic carbocycles. The fourth-order valence-electron chi connectivity index (χ4n) is 3.06. The van der Waals surface area contributed by atoms with Crippen molar-refractivity contribution in [2.24, 2.45) is 0 Å². The minimum Gasteiger partial charge on any atom is -0.356 e. The van der Waals surface area contributed by atoms with Gasteiger partial charge in [0.1, 0.15) is 6.04 Å². The highest BCUT2D eigenvalue weighted by molar-refractivity contribution is 5.88. The highest BCUT2D eigenvalue weighted by atomic mass is 16.2. The zero-order valence-corrected chi connectivity index (χ0v) is 19.1. The summed E-state index contributed by atoms with van der Waals surface area (Å²) < 4.78 is 0. The summed E-state index contributed by atoms with van der Waals surface area (Å²) in [6.07, 6.45) is 12.9. The lowest BCUT2D eigenvalue weighted by Crippen LogP contribution is -2.47. The van der Waals surface area contributed by atoms with E-state index in [9.17, 15) is 14.4 Å². The van der Waals surface area contributed by atoms with Gasteiger partial charge in [-0.25, -0.2) is 0 Å². The van der Waals surface area contributed by atoms with Crippen LogP contribution in [0.25, 0.3) is 0 Å². The first-order valence-corrected chi connectivity index (χ1v) is 11.9. The molecule has 0 aromatic heterocycles. The van der Waals surface area contributed by atoms with Crippen molar-refractivity contribution in [2.45, 2.75) is 117 Å². The van der Waals surface area contributed by atoms with Crippen molar-refractivity contribution in [3.63, 3.8) is 0 Å². The molecule has 29 heavy (non-hydrogen) atoms. The van der Waals surface area contributed by atoms with Gasteiger partial charge < -0.3 is 16.0 Å². The number of carbonyl (C=O) groups excluding carboxylic acids is 3. The van der Waals surface area contributed by atoms with Crippen molar-refractivity contribution in [2.75, 3.05) is 13.1 Å². The third-order valence-corrected chi connectivity index (χ3v) is 5.00. The van der Waals surface area contributed by atoms with Crippen LogP contribution >= 0.6 is 0 Å². The molecule has 6 nitrogen and oxygen atoms in total. The average molecular weight is 412 g/mol. The third-order valence-electron chi connectivity index (χ3n) is 5.00. The van der Waals surface area contributed by atoms with E-state index < -0.39 is 6.04 Å². The van der Waals surface area contributed by atoms with Crippen LogP contribution in [0.1, 0.15) is 111 Å². The highest BCUT2D eigenvalue weighted by Crippen LogP contribution is 2.09. The van der Waals surface area contributed by atoms with Gasteiger partial charge in [0, 0.05) is 25.9 Å². The molecule has 0 aliphatic carbocycles. The maximum absolute atomic E-state index is 12.4. The minimum atomic E-state index is -0.638. The Bertz CT molecular complexity index is 441. The number of carbonyl (C=O) groups is 3. The summed E-state index contributed by atoms with van der Waals surface area (Å²) in [5.74, 6) is -0.348. The molecule has 6 heteroatoms. The fraction of sp³-hybridized carbons (Fsp3) is 0.870. The molecule has 0 bridgehead atoms. The molecule has 0 rings (SSSR count). The molecule has 3 N–H and O–H groups in total. The standard InChI is InChI=1S/C23H45N3O3/c1-4-7-10-11-12-13-14-15-22(28)26-20(23(29)25-19-9-6-3)16-17-21(27)24-18-8-5-2/h20H,4-19H2,1-3H3,(H,24,27)(H,25,29)(H,26,28)/t20-/m0/s1. The van der Waals surface area contributed by atoms with Gasteiger partial charge in [-0.3, -0.25) is 14.4 Å². The SMILES string of the molecule is CCCCCCCCCC(=O)N[C@@H](CCC(=O)NCCCC)C(=O)NCCCC. The second kappa shape index (κ2) is 19.7. The van der Waals surface area contributed by atoms with Gasteiger partial charge in [0.15, 0.2) is 0 Å². The van der Waals surface area contributed by atoms with E-state index in [1.165, 1.54) is 25.7 Å². The summed E-state index contributed by atoms with van der Waals surface area (Å²) in [7, 11) is 0. The van der Waals surface area contributed by atoms with Gasteiger partial charge in [0.2, 0.25) is 17.7 Å². The molecule has 0 fully saturated rings. The maximum Gasteiger partial charge on any atom is 0.242 e. The zero-order chi connectivity index (χ0) is 21.7. The van der Waals surface area contributed by atoms with Crippen molar-refractivity contribution in [3.05, 3.63) is 0 Å². The molecule has 0 spiro atoms. The van der Waals surface area contributed by atoms with E-state index in [-0.39, 0.29) is 24.1 Å². The average Bonchev–Trinajstić information content (AvgIpc) is 2.70. The zero-order valence-electron chi connectivity index (χ0n) is 19.1. The van der Waals surface area contributed by atoms with Gasteiger partial charge in [-0.1, -0.05) is 72.1 Å². The first-order valence-electron chi connectivity index (χ1n) is 11.9. The largest absolute Gasteiger partial charge is 0.356 e. The van der Waals surface area contributed by atoms with E-state index in [0.29, 0.717) is 25.9 Å². The number of rotatable bonds is 19. The monoisotopic (exact) mass is 411 g/mol. The summed E-state index contributed by atoms with van der Waals surface area (Å²) in [6.45, 7) is 7.60. The lowest BCUT2D eigenvalue weighted by molar-refractivity contribution is -0.129. The van der Waals surface area contributed by atoms with E-state index in [4.69, 9.17) is 0 Å². The summed E-state index contributed by atoms with van der Waals surface area (Å²) in [4.78, 5) is 36.7. The van der Waals surface area contributed by atoms with Crippen LogP contribution in [0.3, 0.4) is 0 Å². The molecule has 3 amide bonds. The molecule has 0 aliphatic rings. The molecule has 1 atom stereocenters. The second-order valence-corrected chi connectivity index (χ2v) is 7.88.